The zero-order chi connectivity index (χ0) is 14.4. The summed E-state index contributed by atoms with van der Waals surface area (Å²) in [5.41, 5.74) is 0.230. The number of nitrogens with one attached hydrogen (secondary N) is 1. The lowest BCUT2D eigenvalue weighted by atomic mass is 9.99. The molecule has 1 fully saturated rings. The van der Waals surface area contributed by atoms with Crippen LogP contribution in [0.25, 0.3) is 0 Å². The molecule has 1 saturated carbocycles. The van der Waals surface area contributed by atoms with Gasteiger partial charge in [-0.05, 0) is 18.9 Å². The highest BCUT2D eigenvalue weighted by atomic mass is 19.1. The van der Waals surface area contributed by atoms with Crippen LogP contribution < -0.4 is 5.32 Å². The molecule has 2 rings (SSSR count). The first-order valence-corrected chi connectivity index (χ1v) is 7.38. The SMILES string of the molecule is O=C(NCC(O)c1ccccc1F)C1CCCCCC1. The van der Waals surface area contributed by atoms with Crippen LogP contribution >= 0.6 is 0 Å². The Kier molecular flexibility index (Phi) is 5.53. The van der Waals surface area contributed by atoms with Gasteiger partial charge in [0.05, 0.1) is 6.10 Å². The predicted molar refractivity (Wildman–Crippen MR) is 75.6 cm³/mol. The normalized spacial score (nSPS) is 18.3. The molecule has 0 bridgehead atoms. The molecule has 20 heavy (non-hydrogen) atoms. The Morgan fingerprint density at radius 2 is 1.90 bits per heavy atom. The third-order valence-corrected chi connectivity index (χ3v) is 3.96. The fourth-order valence-corrected chi connectivity index (χ4v) is 2.74. The molecule has 1 unspecified atom stereocenters. The lowest BCUT2D eigenvalue weighted by Crippen LogP contribution is -2.33. The van der Waals surface area contributed by atoms with Crippen molar-refractivity contribution in [2.75, 3.05) is 6.54 Å². The van der Waals surface area contributed by atoms with Crippen LogP contribution in [0.5, 0.6) is 0 Å². The average Bonchev–Trinajstić information content (AvgIpc) is 2.74. The van der Waals surface area contributed by atoms with Crippen LogP contribution in [0, 0.1) is 11.7 Å². The van der Waals surface area contributed by atoms with Gasteiger partial charge in [-0.15, -0.1) is 0 Å². The molecule has 1 atom stereocenters. The van der Waals surface area contributed by atoms with Gasteiger partial charge >= 0.3 is 0 Å². The van der Waals surface area contributed by atoms with Gasteiger partial charge in [-0.1, -0.05) is 43.9 Å². The van der Waals surface area contributed by atoms with Crippen LogP contribution in [0.15, 0.2) is 24.3 Å². The molecule has 1 aromatic carbocycles. The van der Waals surface area contributed by atoms with E-state index in [4.69, 9.17) is 0 Å². The van der Waals surface area contributed by atoms with Crippen molar-refractivity contribution in [2.45, 2.75) is 44.6 Å². The number of hydrogen-bond donors (Lipinski definition) is 2. The summed E-state index contributed by atoms with van der Waals surface area (Å²) < 4.78 is 13.5. The second-order valence-electron chi connectivity index (χ2n) is 5.47. The molecular formula is C16H22FNO2. The van der Waals surface area contributed by atoms with Gasteiger partial charge in [0.25, 0.3) is 0 Å². The summed E-state index contributed by atoms with van der Waals surface area (Å²) in [6.07, 6.45) is 5.42. The zero-order valence-corrected chi connectivity index (χ0v) is 11.6. The van der Waals surface area contributed by atoms with Crippen LogP contribution in [-0.2, 0) is 4.79 Å². The van der Waals surface area contributed by atoms with E-state index in [1.165, 1.54) is 25.0 Å². The molecule has 0 heterocycles. The van der Waals surface area contributed by atoms with Crippen molar-refractivity contribution < 1.29 is 14.3 Å². The maximum atomic E-state index is 13.5. The molecule has 4 heteroatoms. The molecule has 0 saturated heterocycles. The lowest BCUT2D eigenvalue weighted by molar-refractivity contribution is -0.125. The van der Waals surface area contributed by atoms with E-state index in [2.05, 4.69) is 5.32 Å². The number of amides is 1. The highest BCUT2D eigenvalue weighted by Gasteiger charge is 2.21. The minimum Gasteiger partial charge on any atom is -0.386 e. The third kappa shape index (κ3) is 4.04. The first-order chi connectivity index (χ1) is 9.68. The summed E-state index contributed by atoms with van der Waals surface area (Å²) in [6, 6.07) is 6.11. The van der Waals surface area contributed by atoms with Crippen LogP contribution in [-0.4, -0.2) is 17.6 Å². The molecule has 3 nitrogen and oxygen atoms in total. The zero-order valence-electron chi connectivity index (χ0n) is 11.6. The number of hydrogen-bond acceptors (Lipinski definition) is 2. The topological polar surface area (TPSA) is 49.3 Å². The van der Waals surface area contributed by atoms with E-state index in [0.29, 0.717) is 0 Å². The van der Waals surface area contributed by atoms with E-state index in [0.717, 1.165) is 25.7 Å². The number of aliphatic hydroxyl groups excluding tert-OH is 1. The second kappa shape index (κ2) is 7.39. The van der Waals surface area contributed by atoms with Crippen molar-refractivity contribution in [3.63, 3.8) is 0 Å². The minimum absolute atomic E-state index is 0.0118. The fraction of sp³-hybridized carbons (Fsp3) is 0.562. The molecule has 0 spiro atoms. The third-order valence-electron chi connectivity index (χ3n) is 3.96. The Morgan fingerprint density at radius 3 is 2.55 bits per heavy atom. The molecule has 1 aromatic rings. The molecule has 1 aliphatic rings. The maximum Gasteiger partial charge on any atom is 0.223 e. The van der Waals surface area contributed by atoms with Gasteiger partial charge in [-0.3, -0.25) is 4.79 Å². The van der Waals surface area contributed by atoms with Gasteiger partial charge in [-0.2, -0.15) is 0 Å². The van der Waals surface area contributed by atoms with Gasteiger partial charge < -0.3 is 10.4 Å². The van der Waals surface area contributed by atoms with Crippen molar-refractivity contribution in [3.05, 3.63) is 35.6 Å². The average molecular weight is 279 g/mol. The van der Waals surface area contributed by atoms with Crippen LogP contribution in [0.1, 0.15) is 50.2 Å². The molecule has 2 N–H and O–H groups in total. The molecular weight excluding hydrogens is 257 g/mol. The van der Waals surface area contributed by atoms with E-state index >= 15 is 0 Å². The van der Waals surface area contributed by atoms with E-state index in [-0.39, 0.29) is 23.9 Å². The molecule has 0 aliphatic heterocycles. The van der Waals surface area contributed by atoms with Crippen molar-refractivity contribution in [2.24, 2.45) is 5.92 Å². The van der Waals surface area contributed by atoms with Crippen molar-refractivity contribution in [3.8, 4) is 0 Å². The number of carbonyl (C=O) groups excluding carboxylic acids is 1. The predicted octanol–water partition coefficient (Wildman–Crippen LogP) is 2.95. The number of rotatable bonds is 4. The standard InChI is InChI=1S/C16H22FNO2/c17-14-10-6-5-9-13(14)15(19)11-18-16(20)12-7-3-1-2-4-8-12/h5-6,9-10,12,15,19H,1-4,7-8,11H2,(H,18,20). The molecule has 1 amide bonds. The quantitative estimate of drug-likeness (QED) is 0.833. The molecule has 1 aliphatic carbocycles. The number of aliphatic hydroxyl groups is 1. The van der Waals surface area contributed by atoms with Crippen LogP contribution in [0.2, 0.25) is 0 Å². The summed E-state index contributed by atoms with van der Waals surface area (Å²) in [5, 5.41) is 12.7. The maximum absolute atomic E-state index is 13.5. The van der Waals surface area contributed by atoms with Crippen LogP contribution in [0.4, 0.5) is 4.39 Å². The molecule has 0 radical (unpaired) electrons. The van der Waals surface area contributed by atoms with Gasteiger partial charge in [-0.25, -0.2) is 4.39 Å². The highest BCUT2D eigenvalue weighted by Crippen LogP contribution is 2.23. The summed E-state index contributed by atoms with van der Waals surface area (Å²) in [5.74, 6) is -0.406. The fourth-order valence-electron chi connectivity index (χ4n) is 2.74. The van der Waals surface area contributed by atoms with Crippen molar-refractivity contribution in [1.29, 1.82) is 0 Å². The Bertz CT molecular complexity index is 442. The van der Waals surface area contributed by atoms with E-state index < -0.39 is 11.9 Å². The minimum atomic E-state index is -0.995. The summed E-state index contributed by atoms with van der Waals surface area (Å²) in [7, 11) is 0. The first kappa shape index (κ1) is 15.0. The lowest BCUT2D eigenvalue weighted by Gasteiger charge is -2.17. The molecule has 0 aromatic heterocycles. The number of carbonyl (C=O) groups is 1. The van der Waals surface area contributed by atoms with Gasteiger partial charge in [0.1, 0.15) is 5.82 Å². The second-order valence-corrected chi connectivity index (χ2v) is 5.47. The highest BCUT2D eigenvalue weighted by molar-refractivity contribution is 5.78. The Labute approximate surface area is 119 Å². The Morgan fingerprint density at radius 1 is 1.25 bits per heavy atom. The van der Waals surface area contributed by atoms with Gasteiger partial charge in [0.15, 0.2) is 0 Å². The van der Waals surface area contributed by atoms with Gasteiger partial charge in [0.2, 0.25) is 5.91 Å². The number of benzene rings is 1. The summed E-state index contributed by atoms with van der Waals surface area (Å²) >= 11 is 0. The van der Waals surface area contributed by atoms with Crippen molar-refractivity contribution >= 4 is 5.91 Å². The summed E-state index contributed by atoms with van der Waals surface area (Å²) in [4.78, 5) is 12.1. The Hall–Kier alpha value is -1.42. The largest absolute Gasteiger partial charge is 0.386 e. The van der Waals surface area contributed by atoms with Crippen molar-refractivity contribution in [1.82, 2.24) is 5.32 Å². The number of halogens is 1. The van der Waals surface area contributed by atoms with Crippen LogP contribution in [0.3, 0.4) is 0 Å². The Balaban J connectivity index is 1.85. The van der Waals surface area contributed by atoms with E-state index in [1.54, 1.807) is 12.1 Å². The van der Waals surface area contributed by atoms with E-state index in [9.17, 15) is 14.3 Å². The summed E-state index contributed by atoms with van der Waals surface area (Å²) in [6.45, 7) is 0.0657. The van der Waals surface area contributed by atoms with Gasteiger partial charge in [0, 0.05) is 18.0 Å². The van der Waals surface area contributed by atoms with E-state index in [1.807, 2.05) is 0 Å². The molecule has 110 valence electrons. The smallest absolute Gasteiger partial charge is 0.223 e. The monoisotopic (exact) mass is 279 g/mol. The first-order valence-electron chi connectivity index (χ1n) is 7.38.